The summed E-state index contributed by atoms with van der Waals surface area (Å²) in [5, 5.41) is 13.4. The Bertz CT molecular complexity index is 485. The molecule has 5 nitrogen and oxygen atoms in total. The van der Waals surface area contributed by atoms with E-state index in [1.54, 1.807) is 18.4 Å². The predicted octanol–water partition coefficient (Wildman–Crippen LogP) is 1.68. The third-order valence-electron chi connectivity index (χ3n) is 1.69. The monoisotopic (exact) mass is 250 g/mol. The van der Waals surface area contributed by atoms with Gasteiger partial charge >= 0.3 is 5.97 Å². The van der Waals surface area contributed by atoms with Crippen LogP contribution < -0.4 is 5.32 Å². The van der Waals surface area contributed by atoms with E-state index in [4.69, 9.17) is 5.26 Å². The predicted molar refractivity (Wildman–Crippen MR) is 63.4 cm³/mol. The molecule has 17 heavy (non-hydrogen) atoms. The number of allylic oxidation sites excluding steroid dienone is 1. The molecular weight excluding hydrogens is 240 g/mol. The number of ether oxygens (including phenoxy) is 1. The molecule has 0 spiro atoms. The molecule has 0 aliphatic carbocycles. The zero-order valence-electron chi connectivity index (χ0n) is 9.10. The van der Waals surface area contributed by atoms with Crippen LogP contribution in [0.1, 0.15) is 12.5 Å². The summed E-state index contributed by atoms with van der Waals surface area (Å²) in [7, 11) is 0. The first kappa shape index (κ1) is 12.9. The van der Waals surface area contributed by atoms with Crippen molar-refractivity contribution in [3.8, 4) is 6.07 Å². The molecule has 1 rings (SSSR count). The lowest BCUT2D eigenvalue weighted by atomic mass is 10.3. The minimum atomic E-state index is -0.575. The summed E-state index contributed by atoms with van der Waals surface area (Å²) in [5.74, 6) is -1.05. The van der Waals surface area contributed by atoms with Crippen molar-refractivity contribution in [3.05, 3.63) is 29.2 Å². The average Bonchev–Trinajstić information content (AvgIpc) is 2.74. The van der Waals surface area contributed by atoms with Gasteiger partial charge in [-0.15, -0.1) is 11.3 Å². The van der Waals surface area contributed by atoms with E-state index in [0.29, 0.717) is 10.6 Å². The van der Waals surface area contributed by atoms with Gasteiger partial charge in [-0.2, -0.15) is 5.26 Å². The van der Waals surface area contributed by atoms with E-state index in [1.165, 1.54) is 23.5 Å². The Balaban J connectivity index is 2.46. The van der Waals surface area contributed by atoms with Crippen molar-refractivity contribution in [3.63, 3.8) is 0 Å². The molecule has 0 unspecified atom stereocenters. The summed E-state index contributed by atoms with van der Waals surface area (Å²) in [6.07, 6.45) is 2.74. The number of nitrogens with zero attached hydrogens (tertiary/aromatic N) is 1. The molecular formula is C11H10N2O3S. The molecule has 1 aromatic rings. The lowest BCUT2D eigenvalue weighted by molar-refractivity contribution is -0.142. The molecule has 6 heteroatoms. The normalized spacial score (nSPS) is 9.88. The van der Waals surface area contributed by atoms with Crippen molar-refractivity contribution in [1.29, 1.82) is 5.26 Å². The maximum Gasteiger partial charge on any atom is 0.330 e. The zero-order chi connectivity index (χ0) is 12.7. The molecule has 88 valence electrons. The maximum absolute atomic E-state index is 11.4. The van der Waals surface area contributed by atoms with Gasteiger partial charge in [0.1, 0.15) is 11.1 Å². The Morgan fingerprint density at radius 3 is 3.06 bits per heavy atom. The highest BCUT2D eigenvalue weighted by Crippen LogP contribution is 2.21. The summed E-state index contributed by atoms with van der Waals surface area (Å²) in [4.78, 5) is 22.3. The van der Waals surface area contributed by atoms with Gasteiger partial charge in [0, 0.05) is 6.08 Å². The van der Waals surface area contributed by atoms with E-state index >= 15 is 0 Å². The molecule has 1 N–H and O–H groups in total. The quantitative estimate of drug-likeness (QED) is 0.651. The molecule has 0 saturated heterocycles. The highest BCUT2D eigenvalue weighted by atomic mass is 32.1. The molecule has 0 radical (unpaired) electrons. The average molecular weight is 250 g/mol. The summed E-state index contributed by atoms with van der Waals surface area (Å²) in [6.45, 7) is 1.30. The standard InChI is InChI=1S/C11H10N2O3S/c1-2-3-10(15)16-7-9(14)13-11-8(6-12)4-5-17-11/h2-5H,7H2,1H3,(H,13,14). The van der Waals surface area contributed by atoms with Gasteiger partial charge in [0.2, 0.25) is 0 Å². The van der Waals surface area contributed by atoms with Gasteiger partial charge in [0.15, 0.2) is 6.61 Å². The van der Waals surface area contributed by atoms with Crippen molar-refractivity contribution in [2.75, 3.05) is 11.9 Å². The third kappa shape index (κ3) is 4.09. The third-order valence-corrected chi connectivity index (χ3v) is 2.52. The van der Waals surface area contributed by atoms with Crippen LogP contribution in [-0.4, -0.2) is 18.5 Å². The van der Waals surface area contributed by atoms with Gasteiger partial charge in [-0.05, 0) is 18.4 Å². The van der Waals surface area contributed by atoms with Crippen LogP contribution in [0.4, 0.5) is 5.00 Å². The fourth-order valence-corrected chi connectivity index (χ4v) is 1.73. The number of hydrogen-bond donors (Lipinski definition) is 1. The number of thiophene rings is 1. The number of esters is 1. The number of anilines is 1. The highest BCUT2D eigenvalue weighted by Gasteiger charge is 2.09. The van der Waals surface area contributed by atoms with Crippen LogP contribution >= 0.6 is 11.3 Å². The van der Waals surface area contributed by atoms with E-state index in [2.05, 4.69) is 10.1 Å². The largest absolute Gasteiger partial charge is 0.452 e. The maximum atomic E-state index is 11.4. The van der Waals surface area contributed by atoms with Crippen LogP contribution in [0.2, 0.25) is 0 Å². The number of hydrogen-bond acceptors (Lipinski definition) is 5. The minimum Gasteiger partial charge on any atom is -0.452 e. The van der Waals surface area contributed by atoms with Gasteiger partial charge in [-0.1, -0.05) is 6.08 Å². The molecule has 0 fully saturated rings. The van der Waals surface area contributed by atoms with Crippen molar-refractivity contribution in [2.24, 2.45) is 0 Å². The van der Waals surface area contributed by atoms with E-state index in [1.807, 2.05) is 6.07 Å². The number of carbonyl (C=O) groups is 2. The van der Waals surface area contributed by atoms with E-state index in [0.717, 1.165) is 0 Å². The van der Waals surface area contributed by atoms with Crippen molar-refractivity contribution in [1.82, 2.24) is 0 Å². The fraction of sp³-hybridized carbons (Fsp3) is 0.182. The Kier molecular flexibility index (Phi) is 4.91. The summed E-state index contributed by atoms with van der Waals surface area (Å²) < 4.78 is 4.65. The first-order chi connectivity index (χ1) is 8.17. The van der Waals surface area contributed by atoms with Gasteiger partial charge in [0.25, 0.3) is 5.91 Å². The van der Waals surface area contributed by atoms with Gasteiger partial charge < -0.3 is 10.1 Å². The van der Waals surface area contributed by atoms with Crippen LogP contribution in [0.25, 0.3) is 0 Å². The van der Waals surface area contributed by atoms with Gasteiger partial charge in [-0.25, -0.2) is 4.79 Å². The van der Waals surface area contributed by atoms with Crippen LogP contribution in [0, 0.1) is 11.3 Å². The molecule has 0 aliphatic rings. The molecule has 1 amide bonds. The van der Waals surface area contributed by atoms with Gasteiger partial charge in [-0.3, -0.25) is 4.79 Å². The molecule has 1 aromatic heterocycles. The van der Waals surface area contributed by atoms with E-state index < -0.39 is 11.9 Å². The Hall–Kier alpha value is -2.13. The number of carbonyl (C=O) groups excluding carboxylic acids is 2. The second-order valence-electron chi connectivity index (χ2n) is 2.93. The summed E-state index contributed by atoms with van der Waals surface area (Å²) in [5.41, 5.74) is 0.392. The number of nitrogens with one attached hydrogen (secondary N) is 1. The highest BCUT2D eigenvalue weighted by molar-refractivity contribution is 7.14. The molecule has 0 aliphatic heterocycles. The van der Waals surface area contributed by atoms with Crippen LogP contribution in [0.3, 0.4) is 0 Å². The second kappa shape index (κ2) is 6.45. The molecule has 1 heterocycles. The fourth-order valence-electron chi connectivity index (χ4n) is 0.978. The SMILES string of the molecule is CC=CC(=O)OCC(=O)Nc1sccc1C#N. The van der Waals surface area contributed by atoms with Crippen LogP contribution in [-0.2, 0) is 14.3 Å². The smallest absolute Gasteiger partial charge is 0.330 e. The zero-order valence-corrected chi connectivity index (χ0v) is 9.91. The van der Waals surface area contributed by atoms with Crippen molar-refractivity contribution < 1.29 is 14.3 Å². The Labute approximate surface area is 102 Å². The van der Waals surface area contributed by atoms with Crippen LogP contribution in [0.15, 0.2) is 23.6 Å². The topological polar surface area (TPSA) is 79.2 Å². The summed E-state index contributed by atoms with van der Waals surface area (Å²) in [6, 6.07) is 3.55. The number of amides is 1. The van der Waals surface area contributed by atoms with E-state index in [-0.39, 0.29) is 6.61 Å². The van der Waals surface area contributed by atoms with Crippen molar-refractivity contribution in [2.45, 2.75) is 6.92 Å². The number of nitriles is 1. The first-order valence-electron chi connectivity index (χ1n) is 4.74. The van der Waals surface area contributed by atoms with Crippen molar-refractivity contribution >= 4 is 28.2 Å². The molecule has 0 saturated carbocycles. The number of rotatable bonds is 4. The Morgan fingerprint density at radius 1 is 1.65 bits per heavy atom. The van der Waals surface area contributed by atoms with E-state index in [9.17, 15) is 9.59 Å². The minimum absolute atomic E-state index is 0.369. The molecule has 0 aromatic carbocycles. The second-order valence-corrected chi connectivity index (χ2v) is 3.85. The van der Waals surface area contributed by atoms with Gasteiger partial charge in [0.05, 0.1) is 5.56 Å². The lowest BCUT2D eigenvalue weighted by Crippen LogP contribution is -2.19. The van der Waals surface area contributed by atoms with Crippen LogP contribution in [0.5, 0.6) is 0 Å². The summed E-state index contributed by atoms with van der Waals surface area (Å²) >= 11 is 1.24. The Morgan fingerprint density at radius 2 is 2.41 bits per heavy atom. The molecule has 0 atom stereocenters. The molecule has 0 bridgehead atoms. The first-order valence-corrected chi connectivity index (χ1v) is 5.62. The lowest BCUT2D eigenvalue weighted by Gasteiger charge is -2.03.